The highest BCUT2D eigenvalue weighted by atomic mass is 16.1. The van der Waals surface area contributed by atoms with Crippen LogP contribution in [0.2, 0.25) is 0 Å². The fourth-order valence-corrected chi connectivity index (χ4v) is 2.28. The minimum Gasteiger partial charge on any atom is -0.399 e. The van der Waals surface area contributed by atoms with Gasteiger partial charge in [0.2, 0.25) is 5.91 Å². The second-order valence-electron chi connectivity index (χ2n) is 5.13. The van der Waals surface area contributed by atoms with E-state index in [1.165, 1.54) is 0 Å². The number of rotatable bonds is 7. The number of nitrogens with two attached hydrogens (primary N) is 2. The number of aryl methyl sites for hydroxylation is 1. The van der Waals surface area contributed by atoms with Gasteiger partial charge in [-0.3, -0.25) is 9.69 Å². The van der Waals surface area contributed by atoms with Gasteiger partial charge in [0, 0.05) is 44.6 Å². The molecule has 0 aliphatic rings. The van der Waals surface area contributed by atoms with Crippen LogP contribution in [0.3, 0.4) is 0 Å². The highest BCUT2D eigenvalue weighted by molar-refractivity contribution is 5.75. The molecule has 0 saturated heterocycles. The molecule has 0 fully saturated rings. The zero-order valence-electron chi connectivity index (χ0n) is 12.2. The Morgan fingerprint density at radius 1 is 1.43 bits per heavy atom. The van der Waals surface area contributed by atoms with Crippen LogP contribution in [0.1, 0.15) is 11.4 Å². The average Bonchev–Trinajstić information content (AvgIpc) is 2.81. The maximum Gasteiger partial charge on any atom is 0.231 e. The van der Waals surface area contributed by atoms with E-state index < -0.39 is 0 Å². The lowest BCUT2D eigenvalue weighted by Crippen LogP contribution is -2.35. The van der Waals surface area contributed by atoms with E-state index in [2.05, 4.69) is 4.98 Å². The first-order valence-electron chi connectivity index (χ1n) is 6.86. The molecule has 6 heteroatoms. The SMILES string of the molecule is Cn1ccnc1CCN(CC(N)=O)Cc1cccc(N)c1. The van der Waals surface area contributed by atoms with Gasteiger partial charge in [0.1, 0.15) is 5.82 Å². The van der Waals surface area contributed by atoms with Gasteiger partial charge in [0.25, 0.3) is 0 Å². The van der Waals surface area contributed by atoms with Gasteiger partial charge in [-0.25, -0.2) is 4.98 Å². The number of imidazole rings is 1. The lowest BCUT2D eigenvalue weighted by molar-refractivity contribution is -0.119. The van der Waals surface area contributed by atoms with Gasteiger partial charge in [0.05, 0.1) is 6.54 Å². The van der Waals surface area contributed by atoms with Crippen LogP contribution < -0.4 is 11.5 Å². The largest absolute Gasteiger partial charge is 0.399 e. The number of amides is 1. The standard InChI is InChI=1S/C15H21N5O/c1-19-8-6-18-15(19)5-7-20(11-14(17)21)10-12-3-2-4-13(16)9-12/h2-4,6,8-9H,5,7,10-11,16H2,1H3,(H2,17,21). The van der Waals surface area contributed by atoms with Gasteiger partial charge >= 0.3 is 0 Å². The molecule has 2 aromatic rings. The van der Waals surface area contributed by atoms with E-state index >= 15 is 0 Å². The minimum atomic E-state index is -0.334. The van der Waals surface area contributed by atoms with Crippen molar-refractivity contribution < 1.29 is 4.79 Å². The molecular weight excluding hydrogens is 266 g/mol. The highest BCUT2D eigenvalue weighted by Crippen LogP contribution is 2.10. The second-order valence-corrected chi connectivity index (χ2v) is 5.13. The quantitative estimate of drug-likeness (QED) is 0.727. The van der Waals surface area contributed by atoms with Gasteiger partial charge in [-0.1, -0.05) is 12.1 Å². The van der Waals surface area contributed by atoms with Crippen LogP contribution in [0.5, 0.6) is 0 Å². The minimum absolute atomic E-state index is 0.221. The molecule has 2 rings (SSSR count). The van der Waals surface area contributed by atoms with E-state index in [1.807, 2.05) is 47.0 Å². The summed E-state index contributed by atoms with van der Waals surface area (Å²) < 4.78 is 1.98. The molecule has 0 spiro atoms. The molecule has 1 aromatic heterocycles. The Kier molecular flexibility index (Phi) is 4.94. The summed E-state index contributed by atoms with van der Waals surface area (Å²) in [6, 6.07) is 7.65. The van der Waals surface area contributed by atoms with Crippen LogP contribution in [0, 0.1) is 0 Å². The first kappa shape index (κ1) is 15.1. The van der Waals surface area contributed by atoms with Gasteiger partial charge in [0.15, 0.2) is 0 Å². The number of carbonyl (C=O) groups is 1. The van der Waals surface area contributed by atoms with Crippen LogP contribution in [0.25, 0.3) is 0 Å². The molecule has 1 aromatic carbocycles. The third-order valence-corrected chi connectivity index (χ3v) is 3.31. The Balaban J connectivity index is 2.00. The molecule has 1 heterocycles. The molecule has 0 unspecified atom stereocenters. The molecule has 112 valence electrons. The van der Waals surface area contributed by atoms with Crippen LogP contribution in [-0.4, -0.2) is 33.4 Å². The molecule has 0 saturated carbocycles. The number of anilines is 1. The number of nitrogens with zero attached hydrogens (tertiary/aromatic N) is 3. The fourth-order valence-electron chi connectivity index (χ4n) is 2.28. The first-order chi connectivity index (χ1) is 10.0. The maximum absolute atomic E-state index is 11.2. The monoisotopic (exact) mass is 287 g/mol. The van der Waals surface area contributed by atoms with Gasteiger partial charge in [-0.05, 0) is 17.7 Å². The van der Waals surface area contributed by atoms with Crippen molar-refractivity contribution in [1.29, 1.82) is 0 Å². The zero-order chi connectivity index (χ0) is 15.2. The Bertz CT molecular complexity index is 608. The molecule has 0 aliphatic carbocycles. The highest BCUT2D eigenvalue weighted by Gasteiger charge is 2.11. The predicted molar refractivity (Wildman–Crippen MR) is 82.2 cm³/mol. The van der Waals surface area contributed by atoms with Crippen LogP contribution in [0.4, 0.5) is 5.69 Å². The van der Waals surface area contributed by atoms with Gasteiger partial charge < -0.3 is 16.0 Å². The number of hydrogen-bond donors (Lipinski definition) is 2. The molecule has 6 nitrogen and oxygen atoms in total. The average molecular weight is 287 g/mol. The normalized spacial score (nSPS) is 11.0. The van der Waals surface area contributed by atoms with Crippen LogP contribution in [-0.2, 0) is 24.8 Å². The predicted octanol–water partition coefficient (Wildman–Crippen LogP) is 0.532. The second kappa shape index (κ2) is 6.90. The molecule has 1 amide bonds. The van der Waals surface area contributed by atoms with E-state index in [1.54, 1.807) is 6.20 Å². The Morgan fingerprint density at radius 3 is 2.86 bits per heavy atom. The van der Waals surface area contributed by atoms with Crippen molar-refractivity contribution >= 4 is 11.6 Å². The summed E-state index contributed by atoms with van der Waals surface area (Å²) in [5.41, 5.74) is 12.9. The molecule has 0 radical (unpaired) electrons. The summed E-state index contributed by atoms with van der Waals surface area (Å²) in [4.78, 5) is 17.5. The molecule has 21 heavy (non-hydrogen) atoms. The Hall–Kier alpha value is -2.34. The fraction of sp³-hybridized carbons (Fsp3) is 0.333. The number of hydrogen-bond acceptors (Lipinski definition) is 4. The summed E-state index contributed by atoms with van der Waals surface area (Å²) in [6.45, 7) is 1.57. The van der Waals surface area contributed by atoms with E-state index in [0.29, 0.717) is 13.1 Å². The first-order valence-corrected chi connectivity index (χ1v) is 6.86. The number of carbonyl (C=O) groups excluding carboxylic acids is 1. The lowest BCUT2D eigenvalue weighted by atomic mass is 10.2. The summed E-state index contributed by atoms with van der Waals surface area (Å²) in [6.07, 6.45) is 4.44. The van der Waals surface area contributed by atoms with Crippen LogP contribution >= 0.6 is 0 Å². The zero-order valence-corrected chi connectivity index (χ0v) is 12.2. The topological polar surface area (TPSA) is 90.2 Å². The third-order valence-electron chi connectivity index (χ3n) is 3.31. The van der Waals surface area contributed by atoms with Gasteiger partial charge in [-0.15, -0.1) is 0 Å². The number of aromatic nitrogens is 2. The molecule has 0 atom stereocenters. The van der Waals surface area contributed by atoms with Crippen molar-refractivity contribution in [2.75, 3.05) is 18.8 Å². The molecule has 0 bridgehead atoms. The Morgan fingerprint density at radius 2 is 2.24 bits per heavy atom. The third kappa shape index (κ3) is 4.61. The Labute approximate surface area is 124 Å². The van der Waals surface area contributed by atoms with Crippen molar-refractivity contribution in [3.8, 4) is 0 Å². The van der Waals surface area contributed by atoms with E-state index in [-0.39, 0.29) is 12.5 Å². The van der Waals surface area contributed by atoms with Gasteiger partial charge in [-0.2, -0.15) is 0 Å². The number of nitrogen functional groups attached to an aromatic ring is 1. The van der Waals surface area contributed by atoms with Crippen molar-refractivity contribution in [2.45, 2.75) is 13.0 Å². The van der Waals surface area contributed by atoms with Crippen molar-refractivity contribution in [1.82, 2.24) is 14.5 Å². The molecule has 0 aliphatic heterocycles. The van der Waals surface area contributed by atoms with Crippen molar-refractivity contribution in [2.24, 2.45) is 12.8 Å². The number of benzene rings is 1. The summed E-state index contributed by atoms with van der Waals surface area (Å²) in [5, 5.41) is 0. The van der Waals surface area contributed by atoms with E-state index in [0.717, 1.165) is 23.5 Å². The summed E-state index contributed by atoms with van der Waals surface area (Å²) >= 11 is 0. The lowest BCUT2D eigenvalue weighted by Gasteiger charge is -2.20. The van der Waals surface area contributed by atoms with Crippen molar-refractivity contribution in [3.63, 3.8) is 0 Å². The maximum atomic E-state index is 11.2. The van der Waals surface area contributed by atoms with Crippen LogP contribution in [0.15, 0.2) is 36.7 Å². The molecule has 4 N–H and O–H groups in total. The summed E-state index contributed by atoms with van der Waals surface area (Å²) in [5.74, 6) is 0.649. The van der Waals surface area contributed by atoms with Crippen molar-refractivity contribution in [3.05, 3.63) is 48.0 Å². The number of primary amides is 1. The van der Waals surface area contributed by atoms with E-state index in [9.17, 15) is 4.79 Å². The molecular formula is C15H21N5O. The van der Waals surface area contributed by atoms with E-state index in [4.69, 9.17) is 11.5 Å². The summed E-state index contributed by atoms with van der Waals surface area (Å²) in [7, 11) is 1.96. The smallest absolute Gasteiger partial charge is 0.231 e.